The summed E-state index contributed by atoms with van der Waals surface area (Å²) in [6.07, 6.45) is -0.390. The predicted octanol–water partition coefficient (Wildman–Crippen LogP) is 1.95. The van der Waals surface area contributed by atoms with Crippen molar-refractivity contribution >= 4 is 11.4 Å². The van der Waals surface area contributed by atoms with Crippen LogP contribution in [-0.2, 0) is 9.47 Å². The van der Waals surface area contributed by atoms with Crippen LogP contribution in [0.4, 0.5) is 20.2 Å². The molecule has 6 nitrogen and oxygen atoms in total. The van der Waals surface area contributed by atoms with Gasteiger partial charge in [-0.15, -0.1) is 0 Å². The van der Waals surface area contributed by atoms with Crippen molar-refractivity contribution in [1.82, 2.24) is 0 Å². The van der Waals surface area contributed by atoms with Crippen molar-refractivity contribution in [2.75, 3.05) is 32.7 Å². The maximum absolute atomic E-state index is 13.5. The summed E-state index contributed by atoms with van der Waals surface area (Å²) in [6, 6.07) is 1.31. The number of hydrogen-bond acceptors (Lipinski definition) is 5. The first-order valence-corrected chi connectivity index (χ1v) is 5.38. The number of nitrogens with one attached hydrogen (secondary N) is 1. The zero-order valence-corrected chi connectivity index (χ0v) is 10.5. The molecule has 106 valence electrons. The topological polar surface area (TPSA) is 73.6 Å². The molecule has 1 aromatic carbocycles. The molecular formula is C11H14F2N2O4. The molecule has 0 aliphatic rings. The van der Waals surface area contributed by atoms with Gasteiger partial charge in [0.05, 0.1) is 29.8 Å². The Hall–Kier alpha value is -1.80. The van der Waals surface area contributed by atoms with Crippen LogP contribution < -0.4 is 5.32 Å². The van der Waals surface area contributed by atoms with Gasteiger partial charge in [-0.25, -0.2) is 8.78 Å². The first kappa shape index (κ1) is 15.3. The van der Waals surface area contributed by atoms with Crippen LogP contribution in [-0.4, -0.2) is 38.4 Å². The molecule has 0 radical (unpaired) electrons. The van der Waals surface area contributed by atoms with Crippen molar-refractivity contribution in [3.05, 3.63) is 33.9 Å². The van der Waals surface area contributed by atoms with E-state index in [1.54, 1.807) is 0 Å². The number of halogens is 2. The van der Waals surface area contributed by atoms with Gasteiger partial charge in [-0.2, -0.15) is 0 Å². The molecule has 8 heteroatoms. The SMILES string of the molecule is COCC(CNc1c(F)cc([N+](=O)[O-])cc1F)OC. The Labute approximate surface area is 108 Å². The number of rotatable bonds is 7. The number of methoxy groups -OCH3 is 2. The lowest BCUT2D eigenvalue weighted by molar-refractivity contribution is -0.385. The molecule has 0 saturated carbocycles. The summed E-state index contributed by atoms with van der Waals surface area (Å²) in [5.41, 5.74) is -1.07. The summed E-state index contributed by atoms with van der Waals surface area (Å²) >= 11 is 0. The molecule has 0 aliphatic carbocycles. The summed E-state index contributed by atoms with van der Waals surface area (Å²) in [5.74, 6) is -2.06. The van der Waals surface area contributed by atoms with Crippen LogP contribution in [0.15, 0.2) is 12.1 Å². The highest BCUT2D eigenvalue weighted by Crippen LogP contribution is 2.24. The van der Waals surface area contributed by atoms with Crippen molar-refractivity contribution in [3.63, 3.8) is 0 Å². The summed E-state index contributed by atoms with van der Waals surface area (Å²) in [4.78, 5) is 9.57. The van der Waals surface area contributed by atoms with Crippen molar-refractivity contribution in [2.24, 2.45) is 0 Å². The van der Waals surface area contributed by atoms with Crippen LogP contribution in [0.25, 0.3) is 0 Å². The van der Waals surface area contributed by atoms with E-state index >= 15 is 0 Å². The zero-order chi connectivity index (χ0) is 14.4. The van der Waals surface area contributed by atoms with Crippen molar-refractivity contribution in [2.45, 2.75) is 6.10 Å². The Morgan fingerprint density at radius 3 is 2.37 bits per heavy atom. The predicted molar refractivity (Wildman–Crippen MR) is 64.2 cm³/mol. The van der Waals surface area contributed by atoms with Gasteiger partial charge in [0.25, 0.3) is 5.69 Å². The summed E-state index contributed by atoms with van der Waals surface area (Å²) < 4.78 is 36.9. The van der Waals surface area contributed by atoms with E-state index in [9.17, 15) is 18.9 Å². The first-order valence-electron chi connectivity index (χ1n) is 5.38. The first-order chi connectivity index (χ1) is 8.99. The third kappa shape index (κ3) is 4.11. The second-order valence-electron chi connectivity index (χ2n) is 3.74. The van der Waals surface area contributed by atoms with Gasteiger partial charge in [0.15, 0.2) is 11.6 Å². The molecule has 0 aliphatic heterocycles. The number of benzene rings is 1. The third-order valence-electron chi connectivity index (χ3n) is 2.43. The standard InChI is InChI=1S/C11H14F2N2O4/c1-18-6-8(19-2)5-14-11-9(12)3-7(15(16)17)4-10(11)13/h3-4,8,14H,5-6H2,1-2H3. The molecule has 19 heavy (non-hydrogen) atoms. The second-order valence-corrected chi connectivity index (χ2v) is 3.74. The van der Waals surface area contributed by atoms with Crippen molar-refractivity contribution in [3.8, 4) is 0 Å². The van der Waals surface area contributed by atoms with E-state index in [1.165, 1.54) is 14.2 Å². The lowest BCUT2D eigenvalue weighted by Gasteiger charge is -2.16. The summed E-state index contributed by atoms with van der Waals surface area (Å²) in [6.45, 7) is 0.357. The molecule has 0 fully saturated rings. The van der Waals surface area contributed by atoms with E-state index in [0.717, 1.165) is 0 Å². The molecule has 1 N–H and O–H groups in total. The number of hydrogen-bond donors (Lipinski definition) is 1. The van der Waals surface area contributed by atoms with Crippen LogP contribution in [0.5, 0.6) is 0 Å². The molecule has 0 amide bonds. The highest BCUT2D eigenvalue weighted by atomic mass is 19.1. The highest BCUT2D eigenvalue weighted by Gasteiger charge is 2.18. The van der Waals surface area contributed by atoms with Gasteiger partial charge in [-0.3, -0.25) is 10.1 Å². The fourth-order valence-electron chi connectivity index (χ4n) is 1.45. The lowest BCUT2D eigenvalue weighted by Crippen LogP contribution is -2.27. The minimum atomic E-state index is -1.03. The monoisotopic (exact) mass is 276 g/mol. The quantitative estimate of drug-likeness (QED) is 0.608. The maximum atomic E-state index is 13.5. The Kier molecular flexibility index (Phi) is 5.58. The summed E-state index contributed by atoms with van der Waals surface area (Å²) in [5, 5.41) is 12.9. The van der Waals surface area contributed by atoms with E-state index in [2.05, 4.69) is 5.32 Å². The molecule has 1 atom stereocenters. The van der Waals surface area contributed by atoms with Crippen LogP contribution in [0.2, 0.25) is 0 Å². The second kappa shape index (κ2) is 6.95. The number of non-ortho nitro benzene ring substituents is 1. The number of ether oxygens (including phenoxy) is 2. The molecule has 1 rings (SSSR count). The van der Waals surface area contributed by atoms with Gasteiger partial charge in [-0.1, -0.05) is 0 Å². The van der Waals surface area contributed by atoms with Gasteiger partial charge >= 0.3 is 0 Å². The normalized spacial score (nSPS) is 12.2. The molecule has 0 saturated heterocycles. The van der Waals surface area contributed by atoms with E-state index < -0.39 is 27.9 Å². The lowest BCUT2D eigenvalue weighted by atomic mass is 10.2. The van der Waals surface area contributed by atoms with Crippen LogP contribution in [0, 0.1) is 21.7 Å². The highest BCUT2D eigenvalue weighted by molar-refractivity contribution is 5.51. The minimum absolute atomic E-state index is 0.107. The molecule has 0 heterocycles. The number of nitrogens with zero attached hydrogens (tertiary/aromatic N) is 1. The molecule has 0 bridgehead atoms. The number of anilines is 1. The average molecular weight is 276 g/mol. The van der Waals surface area contributed by atoms with E-state index in [-0.39, 0.29) is 19.3 Å². The smallest absolute Gasteiger partial charge is 0.275 e. The van der Waals surface area contributed by atoms with Crippen LogP contribution in [0.3, 0.4) is 0 Å². The van der Waals surface area contributed by atoms with Crippen molar-refractivity contribution < 1.29 is 23.2 Å². The van der Waals surface area contributed by atoms with Gasteiger partial charge in [0.1, 0.15) is 5.69 Å². The largest absolute Gasteiger partial charge is 0.382 e. The van der Waals surface area contributed by atoms with E-state index in [0.29, 0.717) is 12.1 Å². The van der Waals surface area contributed by atoms with Gasteiger partial charge in [0.2, 0.25) is 0 Å². The fraction of sp³-hybridized carbons (Fsp3) is 0.455. The average Bonchev–Trinajstić information content (AvgIpc) is 2.36. The van der Waals surface area contributed by atoms with Gasteiger partial charge in [-0.05, 0) is 0 Å². The zero-order valence-electron chi connectivity index (χ0n) is 10.5. The molecule has 0 spiro atoms. The third-order valence-corrected chi connectivity index (χ3v) is 2.43. The number of nitro groups is 1. The van der Waals surface area contributed by atoms with Gasteiger partial charge in [0, 0.05) is 20.8 Å². The van der Waals surface area contributed by atoms with E-state index in [4.69, 9.17) is 9.47 Å². The fourth-order valence-corrected chi connectivity index (χ4v) is 1.45. The summed E-state index contributed by atoms with van der Waals surface area (Å²) in [7, 11) is 2.91. The van der Waals surface area contributed by atoms with Gasteiger partial charge < -0.3 is 14.8 Å². The molecule has 1 aromatic rings. The van der Waals surface area contributed by atoms with E-state index in [1.807, 2.05) is 0 Å². The molecule has 0 aromatic heterocycles. The number of nitro benzene ring substituents is 1. The molecule has 1 unspecified atom stereocenters. The van der Waals surface area contributed by atoms with Crippen LogP contribution in [0.1, 0.15) is 0 Å². The Balaban J connectivity index is 2.81. The Morgan fingerprint density at radius 2 is 1.95 bits per heavy atom. The minimum Gasteiger partial charge on any atom is -0.382 e. The maximum Gasteiger partial charge on any atom is 0.275 e. The van der Waals surface area contributed by atoms with Crippen molar-refractivity contribution in [1.29, 1.82) is 0 Å². The Bertz CT molecular complexity index is 433. The van der Waals surface area contributed by atoms with Crippen LogP contribution >= 0.6 is 0 Å². The Morgan fingerprint density at radius 1 is 1.37 bits per heavy atom. The molecular weight excluding hydrogens is 262 g/mol.